The van der Waals surface area contributed by atoms with Gasteiger partial charge in [-0.25, -0.2) is 0 Å². The van der Waals surface area contributed by atoms with Crippen molar-refractivity contribution in [2.24, 2.45) is 0 Å². The molecule has 13 heavy (non-hydrogen) atoms. The van der Waals surface area contributed by atoms with Gasteiger partial charge in [0.15, 0.2) is 0 Å². The van der Waals surface area contributed by atoms with E-state index < -0.39 is 0 Å². The molecular weight excluding hydrogens is 155 g/mol. The molecule has 1 rings (SSSR count). The van der Waals surface area contributed by atoms with E-state index in [2.05, 4.69) is 44.9 Å². The second kappa shape index (κ2) is 4.81. The molecule has 0 fully saturated rings. The van der Waals surface area contributed by atoms with Crippen molar-refractivity contribution in [1.82, 2.24) is 0 Å². The summed E-state index contributed by atoms with van der Waals surface area (Å²) in [6.45, 7) is 8.39. The van der Waals surface area contributed by atoms with E-state index in [1.807, 2.05) is 19.0 Å². The number of hydrogen-bond donors (Lipinski definition) is 0. The first-order valence-corrected chi connectivity index (χ1v) is 4.61. The Labute approximate surface area is 81.2 Å². The van der Waals surface area contributed by atoms with E-state index in [0.29, 0.717) is 0 Å². The normalized spacial score (nSPS) is 11.0. The Morgan fingerprint density at radius 1 is 1.23 bits per heavy atom. The molecule has 66 valence electrons. The van der Waals surface area contributed by atoms with Crippen LogP contribution in [-0.2, 0) is 0 Å². The van der Waals surface area contributed by atoms with Crippen molar-refractivity contribution in [3.8, 4) is 0 Å². The number of benzene rings is 1. The van der Waals surface area contributed by atoms with Gasteiger partial charge in [-0.3, -0.25) is 0 Å². The minimum atomic E-state index is 1.30. The van der Waals surface area contributed by atoms with Crippen LogP contribution in [0.15, 0.2) is 30.3 Å². The molecule has 0 N–H and O–H groups in total. The molecule has 0 spiro atoms. The first-order valence-electron chi connectivity index (χ1n) is 4.61. The zero-order valence-corrected chi connectivity index (χ0v) is 8.54. The molecule has 0 radical (unpaired) electrons. The zero-order valence-electron chi connectivity index (χ0n) is 8.54. The fraction of sp³-hybridized carbons (Fsp3) is 0.250. The van der Waals surface area contributed by atoms with E-state index in [1.54, 1.807) is 0 Å². The number of rotatable bonds is 2. The topological polar surface area (TPSA) is 0 Å². The molecule has 0 bridgehead atoms. The maximum absolute atomic E-state index is 2.16. The molecule has 0 amide bonds. The molecular formula is C12H15B. The van der Waals surface area contributed by atoms with Gasteiger partial charge in [0, 0.05) is 0 Å². The summed E-state index contributed by atoms with van der Waals surface area (Å²) in [6, 6.07) is 6.38. The first-order chi connectivity index (χ1) is 6.25. The van der Waals surface area contributed by atoms with Crippen molar-refractivity contribution in [2.45, 2.75) is 20.8 Å². The van der Waals surface area contributed by atoms with Crippen LogP contribution in [0.3, 0.4) is 0 Å². The number of allylic oxidation sites excluding steroid dienone is 1. The minimum absolute atomic E-state index is 1.30. The van der Waals surface area contributed by atoms with Crippen molar-refractivity contribution in [3.05, 3.63) is 46.9 Å². The van der Waals surface area contributed by atoms with Gasteiger partial charge >= 0.3 is 80.6 Å². The molecule has 0 atom stereocenters. The van der Waals surface area contributed by atoms with Crippen LogP contribution in [0.2, 0.25) is 0 Å². The van der Waals surface area contributed by atoms with Crippen LogP contribution in [0.4, 0.5) is 0 Å². The fourth-order valence-corrected chi connectivity index (χ4v) is 1.22. The quantitative estimate of drug-likeness (QED) is 0.598. The molecule has 1 aromatic rings. The van der Waals surface area contributed by atoms with Crippen LogP contribution in [0.5, 0.6) is 0 Å². The molecule has 0 aliphatic heterocycles. The fourth-order valence-electron chi connectivity index (χ4n) is 1.22. The summed E-state index contributed by atoms with van der Waals surface area (Å²) in [5, 5.41) is 0. The molecule has 0 unspecified atom stereocenters. The van der Waals surface area contributed by atoms with Gasteiger partial charge in [-0.1, -0.05) is 0 Å². The molecule has 0 saturated heterocycles. The Hall–Kier alpha value is -1.11. The Kier molecular flexibility index (Phi) is 3.69. The second-order valence-corrected chi connectivity index (χ2v) is 3.17. The summed E-state index contributed by atoms with van der Waals surface area (Å²) in [5.41, 5.74) is 4.02. The van der Waals surface area contributed by atoms with E-state index in [0.717, 1.165) is 0 Å². The van der Waals surface area contributed by atoms with Crippen LogP contribution in [0.1, 0.15) is 23.6 Å². The van der Waals surface area contributed by atoms with Crippen LogP contribution in [-0.4, -0.2) is 12.9 Å². The summed E-state index contributed by atoms with van der Waals surface area (Å²) in [6.07, 6.45) is 2.03. The predicted molar refractivity (Wildman–Crippen MR) is 61.7 cm³/mol. The van der Waals surface area contributed by atoms with Crippen molar-refractivity contribution in [3.63, 3.8) is 0 Å². The SMILES string of the molecule is C/C=C\B=Cc1cccc(C)c1C. The third-order valence-electron chi connectivity index (χ3n) is 2.23. The van der Waals surface area contributed by atoms with Crippen LogP contribution in [0.25, 0.3) is 0 Å². The van der Waals surface area contributed by atoms with E-state index in [9.17, 15) is 0 Å². The molecule has 0 aliphatic rings. The van der Waals surface area contributed by atoms with Crippen LogP contribution < -0.4 is 0 Å². The summed E-state index contributed by atoms with van der Waals surface area (Å²) in [4.78, 5) is 0. The van der Waals surface area contributed by atoms with Gasteiger partial charge in [-0.05, 0) is 0 Å². The van der Waals surface area contributed by atoms with Gasteiger partial charge in [0.1, 0.15) is 0 Å². The molecule has 0 heterocycles. The Morgan fingerprint density at radius 2 is 2.00 bits per heavy atom. The monoisotopic (exact) mass is 170 g/mol. The third-order valence-corrected chi connectivity index (χ3v) is 2.23. The van der Waals surface area contributed by atoms with E-state index in [-0.39, 0.29) is 0 Å². The van der Waals surface area contributed by atoms with Crippen molar-refractivity contribution in [2.75, 3.05) is 0 Å². The zero-order chi connectivity index (χ0) is 9.68. The van der Waals surface area contributed by atoms with Crippen molar-refractivity contribution < 1.29 is 0 Å². The molecule has 0 aliphatic carbocycles. The van der Waals surface area contributed by atoms with Gasteiger partial charge in [0.2, 0.25) is 0 Å². The van der Waals surface area contributed by atoms with Gasteiger partial charge in [0.05, 0.1) is 0 Å². The van der Waals surface area contributed by atoms with Crippen LogP contribution >= 0.6 is 0 Å². The molecule has 1 heteroatoms. The standard InChI is InChI=1S/C12H15B/c1-4-8-13-9-12-7-5-6-10(2)11(12)3/h4-9H,1-3H3/b8-4-. The van der Waals surface area contributed by atoms with E-state index in [4.69, 9.17) is 0 Å². The van der Waals surface area contributed by atoms with Crippen LogP contribution in [0, 0.1) is 13.8 Å². The molecule has 0 nitrogen and oxygen atoms in total. The number of aryl methyl sites for hydroxylation is 1. The Morgan fingerprint density at radius 3 is 2.69 bits per heavy atom. The average molecular weight is 170 g/mol. The van der Waals surface area contributed by atoms with E-state index in [1.165, 1.54) is 16.7 Å². The molecule has 1 aromatic carbocycles. The maximum atomic E-state index is 2.16. The predicted octanol–water partition coefficient (Wildman–Crippen LogP) is 2.69. The van der Waals surface area contributed by atoms with E-state index >= 15 is 0 Å². The van der Waals surface area contributed by atoms with Crippen molar-refractivity contribution in [1.29, 1.82) is 0 Å². The van der Waals surface area contributed by atoms with Crippen molar-refractivity contribution >= 4 is 12.9 Å². The van der Waals surface area contributed by atoms with Gasteiger partial charge in [-0.15, -0.1) is 0 Å². The summed E-state index contributed by atoms with van der Waals surface area (Å²) < 4.78 is 0. The molecule has 0 saturated carbocycles. The first kappa shape index (κ1) is 9.98. The summed E-state index contributed by atoms with van der Waals surface area (Å²) in [5.74, 6) is 4.18. The molecule has 0 aromatic heterocycles. The Balaban J connectivity index is 2.95. The van der Waals surface area contributed by atoms with Gasteiger partial charge in [-0.2, -0.15) is 0 Å². The Bertz CT molecular complexity index is 335. The second-order valence-electron chi connectivity index (χ2n) is 3.17. The van der Waals surface area contributed by atoms with Gasteiger partial charge in [0.25, 0.3) is 0 Å². The average Bonchev–Trinajstić information content (AvgIpc) is 2.13. The summed E-state index contributed by atoms with van der Waals surface area (Å²) >= 11 is 0. The number of hydrogen-bond acceptors (Lipinski definition) is 0. The third kappa shape index (κ3) is 2.69. The summed E-state index contributed by atoms with van der Waals surface area (Å²) in [7, 11) is 0. The van der Waals surface area contributed by atoms with Gasteiger partial charge < -0.3 is 0 Å².